The van der Waals surface area contributed by atoms with Crippen LogP contribution in [0.2, 0.25) is 0 Å². The van der Waals surface area contributed by atoms with Crippen LogP contribution < -0.4 is 25.9 Å². The second-order valence-electron chi connectivity index (χ2n) is 4.71. The molecule has 0 unspecified atom stereocenters. The minimum absolute atomic E-state index is 0.244. The minimum atomic E-state index is -0.646. The molecule has 1 N–H and O–H groups in total. The molecule has 0 bridgehead atoms. The van der Waals surface area contributed by atoms with Gasteiger partial charge in [0.25, 0.3) is 0 Å². The van der Waals surface area contributed by atoms with Crippen molar-refractivity contribution in [3.8, 4) is 22.8 Å². The van der Waals surface area contributed by atoms with E-state index in [9.17, 15) is 9.50 Å². The summed E-state index contributed by atoms with van der Waals surface area (Å²) in [6.07, 6.45) is 0. The summed E-state index contributed by atoms with van der Waals surface area (Å²) in [4.78, 5) is 6.82. The molecular weight excluding hydrogens is 396 g/mol. The molecule has 3 rings (SSSR count). The van der Waals surface area contributed by atoms with E-state index < -0.39 is 5.82 Å². The number of rotatable bonds is 3. The van der Waals surface area contributed by atoms with Gasteiger partial charge >= 0.3 is 138 Å². The molecule has 0 fully saturated rings. The Morgan fingerprint density at radius 1 is 1.14 bits per heavy atom. The Labute approximate surface area is 138 Å². The van der Waals surface area contributed by atoms with Crippen molar-refractivity contribution in [2.75, 3.05) is 12.0 Å². The van der Waals surface area contributed by atoms with Gasteiger partial charge in [0.1, 0.15) is 0 Å². The van der Waals surface area contributed by atoms with E-state index in [1.165, 1.54) is 12.1 Å². The van der Waals surface area contributed by atoms with Gasteiger partial charge in [0, 0.05) is 0 Å². The monoisotopic (exact) mass is 410 g/mol. The number of benzene rings is 2. The van der Waals surface area contributed by atoms with Crippen LogP contribution >= 0.6 is 0 Å². The van der Waals surface area contributed by atoms with Crippen LogP contribution in [-0.4, -0.2) is 22.1 Å². The second kappa shape index (κ2) is 6.08. The van der Waals surface area contributed by atoms with Gasteiger partial charge in [-0.15, -0.1) is 0 Å². The van der Waals surface area contributed by atoms with Crippen molar-refractivity contribution in [2.24, 2.45) is 0 Å². The molecule has 22 heavy (non-hydrogen) atoms. The third-order valence-electron chi connectivity index (χ3n) is 3.43. The van der Waals surface area contributed by atoms with E-state index in [0.29, 0.717) is 11.3 Å². The number of nitrogens with zero attached hydrogens (tertiary/aromatic N) is 1. The predicted molar refractivity (Wildman–Crippen MR) is 80.0 cm³/mol. The third kappa shape index (κ3) is 2.61. The molecule has 0 saturated carbocycles. The van der Waals surface area contributed by atoms with Gasteiger partial charge in [-0.2, -0.15) is 0 Å². The Balaban J connectivity index is 2.28. The van der Waals surface area contributed by atoms with Gasteiger partial charge in [-0.25, -0.2) is 0 Å². The van der Waals surface area contributed by atoms with Gasteiger partial charge < -0.3 is 0 Å². The van der Waals surface area contributed by atoms with Crippen LogP contribution in [0.4, 0.5) is 4.39 Å². The van der Waals surface area contributed by atoms with Gasteiger partial charge in [0.05, 0.1) is 0 Å². The Bertz CT molecular complexity index is 851. The predicted octanol–water partition coefficient (Wildman–Crippen LogP) is 0.643. The van der Waals surface area contributed by atoms with Crippen molar-refractivity contribution in [1.82, 2.24) is 4.98 Å². The quantitative estimate of drug-likeness (QED) is 0.392. The van der Waals surface area contributed by atoms with Crippen LogP contribution in [-0.2, 0) is 0 Å². The van der Waals surface area contributed by atoms with E-state index in [4.69, 9.17) is 4.74 Å². The molecule has 0 amide bonds. The summed E-state index contributed by atoms with van der Waals surface area (Å²) in [6, 6.07) is 12.1. The van der Waals surface area contributed by atoms with Crippen LogP contribution in [0.25, 0.3) is 22.0 Å². The molecule has 114 valence electrons. The van der Waals surface area contributed by atoms with E-state index in [1.54, 1.807) is 13.2 Å². The fourth-order valence-corrected chi connectivity index (χ4v) is 3.90. The van der Waals surface area contributed by atoms with E-state index in [1.807, 2.05) is 24.3 Å². The number of aromatic nitrogens is 1. The first-order valence-corrected chi connectivity index (χ1v) is 9.83. The summed E-state index contributed by atoms with van der Waals surface area (Å²) < 4.78 is 20.1. The van der Waals surface area contributed by atoms with Crippen LogP contribution in [0.5, 0.6) is 11.5 Å². The van der Waals surface area contributed by atoms with Gasteiger partial charge in [-0.05, 0) is 0 Å². The maximum atomic E-state index is 13.6. The first-order chi connectivity index (χ1) is 10.6. The number of fused-ring (bicyclic) bond motifs is 1. The van der Waals surface area contributed by atoms with Crippen molar-refractivity contribution in [3.05, 3.63) is 52.0 Å². The number of phenols is 1. The molecule has 2 aromatic carbocycles. The normalized spacial score (nSPS) is 11.0. The zero-order valence-corrected chi connectivity index (χ0v) is 14.3. The standard InChI is InChI=1S/C17H14FINO2/c1-19-17-11-4-3-5-16(22-2)12(11)9-14(20-17)10-6-7-15(21)13(18)8-10/h3-9,21H,1-2H3/q-1. The van der Waals surface area contributed by atoms with E-state index in [0.717, 1.165) is 20.2 Å². The van der Waals surface area contributed by atoms with Crippen LogP contribution in [0.3, 0.4) is 0 Å². The summed E-state index contributed by atoms with van der Waals surface area (Å²) in [5, 5.41) is 11.4. The number of pyridine rings is 1. The molecule has 1 aromatic heterocycles. The number of hydrogen-bond acceptors (Lipinski definition) is 3. The van der Waals surface area contributed by atoms with Crippen LogP contribution in [0, 0.1) is 9.52 Å². The number of aromatic hydroxyl groups is 1. The van der Waals surface area contributed by atoms with Gasteiger partial charge in [-0.3, -0.25) is 0 Å². The molecule has 0 spiro atoms. The number of hydrogen-bond donors (Lipinski definition) is 1. The molecule has 3 nitrogen and oxygen atoms in total. The molecule has 0 aliphatic heterocycles. The number of alkyl halides is 1. The fraction of sp³-hybridized carbons (Fsp3) is 0.118. The molecular formula is C17H14FINO2-. The molecule has 0 radical (unpaired) electrons. The Morgan fingerprint density at radius 2 is 1.95 bits per heavy atom. The summed E-state index contributed by atoms with van der Waals surface area (Å²) in [7, 11) is 1.63. The molecule has 0 saturated heterocycles. The van der Waals surface area contributed by atoms with E-state index in [2.05, 4.69) is 9.91 Å². The third-order valence-corrected chi connectivity index (χ3v) is 5.27. The first-order valence-electron chi connectivity index (χ1n) is 6.60. The zero-order chi connectivity index (χ0) is 15.7. The van der Waals surface area contributed by atoms with Crippen molar-refractivity contribution in [2.45, 2.75) is 0 Å². The number of ether oxygens (including phenoxy) is 1. The molecule has 3 aromatic rings. The molecule has 0 aliphatic rings. The van der Waals surface area contributed by atoms with Crippen molar-refractivity contribution < 1.29 is 35.4 Å². The molecule has 5 heteroatoms. The summed E-state index contributed by atoms with van der Waals surface area (Å²) >= 11 is -0.244. The zero-order valence-electron chi connectivity index (χ0n) is 12.1. The van der Waals surface area contributed by atoms with Crippen LogP contribution in [0.15, 0.2) is 42.5 Å². The van der Waals surface area contributed by atoms with Crippen molar-refractivity contribution in [3.63, 3.8) is 0 Å². The van der Waals surface area contributed by atoms with Crippen LogP contribution in [0.1, 0.15) is 0 Å². The maximum absolute atomic E-state index is 13.6. The first kappa shape index (κ1) is 15.0. The van der Waals surface area contributed by atoms with E-state index >= 15 is 0 Å². The number of phenolic OH excluding ortho intramolecular Hbond substituents is 1. The molecule has 0 aliphatic carbocycles. The topological polar surface area (TPSA) is 42.4 Å². The fourth-order valence-electron chi connectivity index (χ4n) is 2.34. The SMILES string of the molecule is COc1cccc2c([I-]C)nc(-c3ccc(O)c(F)c3)cc12. The van der Waals surface area contributed by atoms with Gasteiger partial charge in [0.2, 0.25) is 0 Å². The summed E-state index contributed by atoms with van der Waals surface area (Å²) in [6.45, 7) is 0. The summed E-state index contributed by atoms with van der Waals surface area (Å²) in [5.41, 5.74) is 1.33. The number of methoxy groups -OCH3 is 1. The summed E-state index contributed by atoms with van der Waals surface area (Å²) in [5.74, 6) is -0.225. The van der Waals surface area contributed by atoms with Gasteiger partial charge in [0.15, 0.2) is 0 Å². The average Bonchev–Trinajstić information content (AvgIpc) is 2.55. The van der Waals surface area contributed by atoms with Gasteiger partial charge in [-0.1, -0.05) is 0 Å². The molecule has 0 atom stereocenters. The van der Waals surface area contributed by atoms with Crippen molar-refractivity contribution >= 4 is 10.8 Å². The Hall–Kier alpha value is -1.89. The Morgan fingerprint density at radius 3 is 2.64 bits per heavy atom. The average molecular weight is 410 g/mol. The van der Waals surface area contributed by atoms with Crippen molar-refractivity contribution in [1.29, 1.82) is 0 Å². The second-order valence-corrected chi connectivity index (χ2v) is 6.81. The Kier molecular flexibility index (Phi) is 4.15. The van der Waals surface area contributed by atoms with E-state index in [-0.39, 0.29) is 27.0 Å². The molecule has 1 heterocycles. The number of halogens is 2.